The Morgan fingerprint density at radius 2 is 1.97 bits per heavy atom. The summed E-state index contributed by atoms with van der Waals surface area (Å²) in [6, 6.07) is 2.99. The number of amides is 1. The summed E-state index contributed by atoms with van der Waals surface area (Å²) in [5.74, 6) is -3.63. The molecule has 1 amide bonds. The Morgan fingerprint density at radius 3 is 2.54 bits per heavy atom. The van der Waals surface area contributed by atoms with Crippen molar-refractivity contribution in [2.24, 2.45) is 5.92 Å². The van der Waals surface area contributed by atoms with Gasteiger partial charge in [-0.25, -0.2) is 8.42 Å². The van der Waals surface area contributed by atoms with E-state index in [4.69, 9.17) is 4.74 Å². The Labute approximate surface area is 195 Å². The second-order valence-electron chi connectivity index (χ2n) is 8.53. The molecule has 1 saturated heterocycles. The summed E-state index contributed by atoms with van der Waals surface area (Å²) in [5.41, 5.74) is -1.38. The molecule has 0 radical (unpaired) electrons. The molecule has 4 rings (SSSR count). The quantitative estimate of drug-likeness (QED) is 0.529. The number of piperidine rings is 1. The van der Waals surface area contributed by atoms with Gasteiger partial charge in [-0.2, -0.15) is 31.3 Å². The van der Waals surface area contributed by atoms with Crippen LogP contribution >= 0.6 is 0 Å². The number of benzene rings is 1. The summed E-state index contributed by atoms with van der Waals surface area (Å²) in [4.78, 5) is 17.6. The summed E-state index contributed by atoms with van der Waals surface area (Å²) >= 11 is 0. The molecule has 1 aliphatic carbocycles. The largest absolute Gasteiger partial charge is 0.480 e. The van der Waals surface area contributed by atoms with Crippen LogP contribution in [-0.4, -0.2) is 60.5 Å². The zero-order valence-corrected chi connectivity index (χ0v) is 19.1. The van der Waals surface area contributed by atoms with Gasteiger partial charge in [0, 0.05) is 13.1 Å². The molecule has 2 fully saturated rings. The van der Waals surface area contributed by atoms with Crippen molar-refractivity contribution in [2.75, 3.05) is 18.8 Å². The Kier molecular flexibility index (Phi) is 5.84. The maximum atomic E-state index is 13.3. The average Bonchev–Trinajstić information content (AvgIpc) is 3.13. The zero-order chi connectivity index (χ0) is 26.0. The van der Waals surface area contributed by atoms with Crippen LogP contribution in [0.25, 0.3) is 0 Å². The number of rotatable bonds is 6. The highest BCUT2D eigenvalue weighted by atomic mass is 32.2. The van der Waals surface area contributed by atoms with Crippen molar-refractivity contribution in [1.82, 2.24) is 15.0 Å². The van der Waals surface area contributed by atoms with Gasteiger partial charge in [-0.1, -0.05) is 12.1 Å². The second kappa shape index (κ2) is 8.10. The minimum absolute atomic E-state index is 0.0632. The van der Waals surface area contributed by atoms with Crippen molar-refractivity contribution in [3.8, 4) is 5.75 Å². The number of hydrogen-bond acceptors (Lipinski definition) is 7. The van der Waals surface area contributed by atoms with Gasteiger partial charge >= 0.3 is 18.2 Å². The molecule has 1 aliphatic heterocycles. The van der Waals surface area contributed by atoms with E-state index in [1.807, 2.05) is 0 Å². The zero-order valence-electron chi connectivity index (χ0n) is 18.3. The first-order chi connectivity index (χ1) is 16.1. The molecule has 2 heterocycles. The number of ether oxygens (including phenoxy) is 1. The van der Waals surface area contributed by atoms with Gasteiger partial charge in [-0.3, -0.25) is 4.79 Å². The molecule has 15 heteroatoms. The summed E-state index contributed by atoms with van der Waals surface area (Å²) < 4.78 is 112. The normalized spacial score (nSPS) is 23.2. The van der Waals surface area contributed by atoms with E-state index in [1.54, 1.807) is 0 Å². The van der Waals surface area contributed by atoms with Gasteiger partial charge in [0.15, 0.2) is 21.8 Å². The fourth-order valence-corrected chi connectivity index (χ4v) is 5.00. The summed E-state index contributed by atoms with van der Waals surface area (Å²) in [6.45, 7) is 2.05. The summed E-state index contributed by atoms with van der Waals surface area (Å²) in [6.07, 6.45) is -11.5. The van der Waals surface area contributed by atoms with Crippen LogP contribution in [0, 0.1) is 5.92 Å². The third kappa shape index (κ3) is 4.57. The Morgan fingerprint density at radius 1 is 1.29 bits per heavy atom. The van der Waals surface area contributed by atoms with E-state index in [-0.39, 0.29) is 35.5 Å². The number of nitrogens with zero attached hydrogens (tertiary/aromatic N) is 3. The van der Waals surface area contributed by atoms with Crippen molar-refractivity contribution in [1.29, 1.82) is 0 Å². The average molecular weight is 527 g/mol. The van der Waals surface area contributed by atoms with Gasteiger partial charge < -0.3 is 14.2 Å². The van der Waals surface area contributed by atoms with Gasteiger partial charge in [0.2, 0.25) is 0 Å². The molecule has 192 valence electrons. The molecule has 3 atom stereocenters. The van der Waals surface area contributed by atoms with E-state index < -0.39 is 56.8 Å². The van der Waals surface area contributed by atoms with Crippen molar-refractivity contribution >= 4 is 15.7 Å². The lowest BCUT2D eigenvalue weighted by atomic mass is 10.1. The number of carbonyl (C=O) groups is 1. The van der Waals surface area contributed by atoms with Crippen molar-refractivity contribution in [3.05, 3.63) is 35.5 Å². The number of fused-ring (bicyclic) bond motifs is 1. The topological polar surface area (TPSA) is 103 Å². The molecular formula is C20H19F6N3O5S. The standard InChI is InChI=1S/C20H19F6N3O5S/c1-3-35(31,32)12-4-5-14(33-10(2)19(21,22)23)13(6-12)15(30)29-8-11-7-18(11,9-29)16-27-17(34-28-16)20(24,25)26/h4-6,10-11H,3,7-9H2,1-2H3/t10-,11?,18?/m1/s1. The molecule has 2 aromatic rings. The van der Waals surface area contributed by atoms with Crippen LogP contribution in [0.4, 0.5) is 26.3 Å². The summed E-state index contributed by atoms with van der Waals surface area (Å²) in [5, 5.41) is 3.41. The third-order valence-electron chi connectivity index (χ3n) is 6.23. The van der Waals surface area contributed by atoms with E-state index in [1.165, 1.54) is 11.8 Å². The van der Waals surface area contributed by atoms with Gasteiger partial charge in [-0.15, -0.1) is 0 Å². The highest BCUT2D eigenvalue weighted by molar-refractivity contribution is 7.91. The fourth-order valence-electron chi connectivity index (χ4n) is 4.09. The highest BCUT2D eigenvalue weighted by Gasteiger charge is 2.65. The smallest absolute Gasteiger partial charge is 0.471 e. The molecule has 1 aromatic heterocycles. The number of hydrogen-bond donors (Lipinski definition) is 0. The van der Waals surface area contributed by atoms with Crippen LogP contribution < -0.4 is 4.74 Å². The van der Waals surface area contributed by atoms with Gasteiger partial charge in [0.25, 0.3) is 5.91 Å². The number of aromatic nitrogens is 2. The first kappa shape index (κ1) is 25.3. The number of likely N-dealkylation sites (tertiary alicyclic amines) is 1. The maximum Gasteiger partial charge on any atom is 0.471 e. The van der Waals surface area contributed by atoms with Crippen LogP contribution in [0.5, 0.6) is 5.75 Å². The maximum absolute atomic E-state index is 13.3. The molecule has 8 nitrogen and oxygen atoms in total. The first-order valence-corrected chi connectivity index (χ1v) is 12.0. The van der Waals surface area contributed by atoms with Crippen molar-refractivity contribution in [3.63, 3.8) is 0 Å². The lowest BCUT2D eigenvalue weighted by Gasteiger charge is -2.24. The molecule has 0 bridgehead atoms. The Bertz CT molecular complexity index is 1260. The Hall–Kier alpha value is -2.84. The third-order valence-corrected chi connectivity index (χ3v) is 7.96. The van der Waals surface area contributed by atoms with Crippen LogP contribution in [0.3, 0.4) is 0 Å². The minimum atomic E-state index is -4.84. The van der Waals surface area contributed by atoms with E-state index in [0.29, 0.717) is 6.42 Å². The lowest BCUT2D eigenvalue weighted by molar-refractivity contribution is -0.189. The molecule has 35 heavy (non-hydrogen) atoms. The Balaban J connectivity index is 1.64. The number of halogens is 6. The minimum Gasteiger partial charge on any atom is -0.480 e. The van der Waals surface area contributed by atoms with Crippen LogP contribution in [-0.2, 0) is 21.4 Å². The van der Waals surface area contributed by atoms with Crippen molar-refractivity contribution < 1.29 is 48.8 Å². The highest BCUT2D eigenvalue weighted by Crippen LogP contribution is 2.58. The molecule has 1 aromatic carbocycles. The fraction of sp³-hybridized carbons (Fsp3) is 0.550. The molecule has 0 spiro atoms. The lowest BCUT2D eigenvalue weighted by Crippen LogP contribution is -2.35. The number of carbonyl (C=O) groups excluding carboxylic acids is 1. The molecule has 2 aliphatic rings. The molecular weight excluding hydrogens is 508 g/mol. The number of sulfone groups is 1. The van der Waals surface area contributed by atoms with E-state index >= 15 is 0 Å². The SMILES string of the molecule is CCS(=O)(=O)c1ccc(O[C@H](C)C(F)(F)F)c(C(=O)N2CC3CC3(c3noc(C(F)(F)F)n3)C2)c1. The molecule has 0 N–H and O–H groups in total. The van der Waals surface area contributed by atoms with Crippen LogP contribution in [0.15, 0.2) is 27.6 Å². The van der Waals surface area contributed by atoms with Crippen molar-refractivity contribution in [2.45, 2.75) is 49.0 Å². The summed E-state index contributed by atoms with van der Waals surface area (Å²) in [7, 11) is -3.81. The predicted molar refractivity (Wildman–Crippen MR) is 105 cm³/mol. The number of alkyl halides is 6. The van der Waals surface area contributed by atoms with Gasteiger partial charge in [0.05, 0.1) is 21.6 Å². The van der Waals surface area contributed by atoms with E-state index in [9.17, 15) is 39.6 Å². The predicted octanol–water partition coefficient (Wildman–Crippen LogP) is 3.63. The monoisotopic (exact) mass is 527 g/mol. The van der Waals surface area contributed by atoms with Gasteiger partial charge in [0.1, 0.15) is 5.75 Å². The van der Waals surface area contributed by atoms with Crippen LogP contribution in [0.2, 0.25) is 0 Å². The van der Waals surface area contributed by atoms with E-state index in [0.717, 1.165) is 25.1 Å². The molecule has 1 saturated carbocycles. The van der Waals surface area contributed by atoms with E-state index in [2.05, 4.69) is 14.7 Å². The second-order valence-corrected chi connectivity index (χ2v) is 10.8. The first-order valence-electron chi connectivity index (χ1n) is 10.4. The van der Waals surface area contributed by atoms with Crippen LogP contribution in [0.1, 0.15) is 42.3 Å². The van der Waals surface area contributed by atoms with Gasteiger partial charge in [-0.05, 0) is 37.5 Å². The molecule has 2 unspecified atom stereocenters.